The number of halogens is 1. The van der Waals surface area contributed by atoms with Crippen molar-refractivity contribution in [2.45, 2.75) is 39.0 Å². The lowest BCUT2D eigenvalue weighted by Gasteiger charge is -2.20. The number of fused-ring (bicyclic) bond motifs is 2. The number of hydrogen-bond acceptors (Lipinski definition) is 6. The number of carbonyl (C=O) groups excluding carboxylic acids is 1. The molecule has 1 aliphatic rings. The minimum Gasteiger partial charge on any atom is -0.335 e. The smallest absolute Gasteiger partial charge is 0.227 e. The minimum absolute atomic E-state index is 0.0561. The van der Waals surface area contributed by atoms with Crippen LogP contribution in [0.1, 0.15) is 37.7 Å². The van der Waals surface area contributed by atoms with E-state index in [0.29, 0.717) is 34.0 Å². The van der Waals surface area contributed by atoms with Crippen LogP contribution in [0.2, 0.25) is 0 Å². The molecule has 0 bridgehead atoms. The molecule has 0 radical (unpaired) electrons. The number of H-pyrrole nitrogens is 2. The van der Waals surface area contributed by atoms with E-state index in [4.69, 9.17) is 4.98 Å². The Morgan fingerprint density at radius 3 is 2.66 bits per heavy atom. The van der Waals surface area contributed by atoms with E-state index >= 15 is 0 Å². The first kappa shape index (κ1) is 25.0. The summed E-state index contributed by atoms with van der Waals surface area (Å²) in [6.07, 6.45) is 12.1. The van der Waals surface area contributed by atoms with Crippen LogP contribution in [0.5, 0.6) is 0 Å². The quantitative estimate of drug-likeness (QED) is 0.224. The van der Waals surface area contributed by atoms with Gasteiger partial charge in [0.25, 0.3) is 0 Å². The fourth-order valence-electron chi connectivity index (χ4n) is 5.68. The van der Waals surface area contributed by atoms with Gasteiger partial charge in [-0.3, -0.25) is 14.9 Å². The lowest BCUT2D eigenvalue weighted by Crippen LogP contribution is -2.24. The van der Waals surface area contributed by atoms with Gasteiger partial charge in [0.05, 0.1) is 22.8 Å². The van der Waals surface area contributed by atoms with Crippen molar-refractivity contribution >= 4 is 33.8 Å². The zero-order valence-corrected chi connectivity index (χ0v) is 22.4. The number of rotatable bonds is 5. The monoisotopic (exact) mass is 546 g/mol. The van der Waals surface area contributed by atoms with E-state index in [2.05, 4.69) is 35.5 Å². The van der Waals surface area contributed by atoms with Crippen LogP contribution >= 0.6 is 0 Å². The summed E-state index contributed by atoms with van der Waals surface area (Å²) in [7, 11) is 0. The van der Waals surface area contributed by atoms with Crippen molar-refractivity contribution in [3.63, 3.8) is 0 Å². The number of nitrogens with one attached hydrogen (secondary N) is 3. The van der Waals surface area contributed by atoms with E-state index in [-0.39, 0.29) is 17.6 Å². The summed E-state index contributed by atoms with van der Waals surface area (Å²) in [5.41, 5.74) is 7.08. The molecule has 7 rings (SSSR count). The van der Waals surface area contributed by atoms with Crippen molar-refractivity contribution in [3.05, 3.63) is 72.6 Å². The highest BCUT2D eigenvalue weighted by molar-refractivity contribution is 5.97. The molecule has 6 aromatic rings. The number of aromatic amines is 2. The summed E-state index contributed by atoms with van der Waals surface area (Å²) in [6.45, 7) is 1.86. The SMILES string of the molecule is Cc1cc(F)cc(-c2ccnc3nc(-c4[nH]nc5ncc(-c6cncc(NC(=O)C7CCCCC7)c6)cc45)[nH]c23)c1. The molecule has 9 nitrogen and oxygen atoms in total. The second kappa shape index (κ2) is 10.2. The Hall–Kier alpha value is -4.99. The number of amides is 1. The van der Waals surface area contributed by atoms with Crippen LogP contribution in [0, 0.1) is 18.7 Å². The molecular weight excluding hydrogens is 519 g/mol. The van der Waals surface area contributed by atoms with Crippen LogP contribution in [0.15, 0.2) is 61.2 Å². The second-order valence-corrected chi connectivity index (χ2v) is 10.6. The topological polar surface area (TPSA) is 125 Å². The molecule has 5 aromatic heterocycles. The number of pyridine rings is 3. The van der Waals surface area contributed by atoms with Crippen molar-refractivity contribution in [2.75, 3.05) is 5.32 Å². The second-order valence-electron chi connectivity index (χ2n) is 10.6. The van der Waals surface area contributed by atoms with Gasteiger partial charge in [-0.15, -0.1) is 0 Å². The van der Waals surface area contributed by atoms with Crippen molar-refractivity contribution < 1.29 is 9.18 Å². The fraction of sp³-hybridized carbons (Fsp3) is 0.226. The molecule has 1 aliphatic carbocycles. The summed E-state index contributed by atoms with van der Waals surface area (Å²) in [5.74, 6) is 0.361. The number of nitrogens with zero attached hydrogens (tertiary/aromatic N) is 5. The molecule has 1 fully saturated rings. The van der Waals surface area contributed by atoms with Gasteiger partial charge in [-0.2, -0.15) is 5.10 Å². The number of carbonyl (C=O) groups is 1. The highest BCUT2D eigenvalue weighted by Crippen LogP contribution is 2.33. The van der Waals surface area contributed by atoms with Crippen LogP contribution in [0.4, 0.5) is 10.1 Å². The largest absolute Gasteiger partial charge is 0.335 e. The molecule has 204 valence electrons. The maximum atomic E-state index is 14.2. The molecule has 10 heteroatoms. The molecule has 1 saturated carbocycles. The van der Waals surface area contributed by atoms with Crippen LogP contribution in [-0.4, -0.2) is 41.0 Å². The number of benzene rings is 1. The summed E-state index contributed by atoms with van der Waals surface area (Å²) in [6, 6.07) is 10.7. The molecule has 5 heterocycles. The number of imidazole rings is 1. The molecule has 0 unspecified atom stereocenters. The Labute approximate surface area is 234 Å². The highest BCUT2D eigenvalue weighted by Gasteiger charge is 2.21. The zero-order chi connectivity index (χ0) is 27.9. The average Bonchev–Trinajstić information content (AvgIpc) is 3.61. The van der Waals surface area contributed by atoms with E-state index in [0.717, 1.165) is 58.9 Å². The lowest BCUT2D eigenvalue weighted by molar-refractivity contribution is -0.120. The van der Waals surface area contributed by atoms with Gasteiger partial charge in [0.15, 0.2) is 17.1 Å². The van der Waals surface area contributed by atoms with Crippen LogP contribution in [0.25, 0.3) is 56.0 Å². The van der Waals surface area contributed by atoms with Gasteiger partial charge < -0.3 is 10.3 Å². The van der Waals surface area contributed by atoms with Crippen molar-refractivity contribution in [1.82, 2.24) is 35.1 Å². The van der Waals surface area contributed by atoms with Crippen molar-refractivity contribution in [1.29, 1.82) is 0 Å². The third kappa shape index (κ3) is 4.82. The normalized spacial score (nSPS) is 14.1. The molecule has 0 spiro atoms. The van der Waals surface area contributed by atoms with Gasteiger partial charge in [0.1, 0.15) is 11.5 Å². The Kier molecular flexibility index (Phi) is 6.22. The van der Waals surface area contributed by atoms with Crippen LogP contribution < -0.4 is 5.32 Å². The van der Waals surface area contributed by atoms with Crippen LogP contribution in [-0.2, 0) is 4.79 Å². The Balaban J connectivity index is 1.23. The predicted molar refractivity (Wildman–Crippen MR) is 155 cm³/mol. The number of anilines is 1. The van der Waals surface area contributed by atoms with Gasteiger partial charge in [0.2, 0.25) is 5.91 Å². The average molecular weight is 547 g/mol. The van der Waals surface area contributed by atoms with Gasteiger partial charge in [0, 0.05) is 41.2 Å². The van der Waals surface area contributed by atoms with Crippen molar-refractivity contribution in [2.24, 2.45) is 5.92 Å². The Bertz CT molecular complexity index is 1900. The Morgan fingerprint density at radius 1 is 0.951 bits per heavy atom. The number of aromatic nitrogens is 7. The van der Waals surface area contributed by atoms with Crippen LogP contribution in [0.3, 0.4) is 0 Å². The third-order valence-corrected chi connectivity index (χ3v) is 7.71. The molecule has 41 heavy (non-hydrogen) atoms. The van der Waals surface area contributed by atoms with E-state index in [1.54, 1.807) is 24.8 Å². The van der Waals surface area contributed by atoms with E-state index in [1.807, 2.05) is 31.2 Å². The summed E-state index contributed by atoms with van der Waals surface area (Å²) in [4.78, 5) is 34.2. The first-order valence-corrected chi connectivity index (χ1v) is 13.7. The van der Waals surface area contributed by atoms with Gasteiger partial charge in [-0.25, -0.2) is 19.3 Å². The standard InChI is InChI=1S/C31H27FN8O/c1-17-9-19(11-22(32)10-17)24-7-8-34-29-26(24)37-30(38-29)27-25-13-21(15-35-28(25)40-39-27)20-12-23(16-33-14-20)36-31(41)18-5-3-2-4-6-18/h7-16,18H,2-6H2,1H3,(H,36,41)(H,34,37,38)(H,35,39,40). The zero-order valence-electron chi connectivity index (χ0n) is 22.4. The molecular formula is C31H27FN8O. The van der Waals surface area contributed by atoms with E-state index in [1.165, 1.54) is 18.6 Å². The predicted octanol–water partition coefficient (Wildman–Crippen LogP) is 6.59. The van der Waals surface area contributed by atoms with E-state index < -0.39 is 0 Å². The summed E-state index contributed by atoms with van der Waals surface area (Å²) >= 11 is 0. The molecule has 3 N–H and O–H groups in total. The van der Waals surface area contributed by atoms with Gasteiger partial charge in [-0.1, -0.05) is 25.3 Å². The maximum absolute atomic E-state index is 14.2. The highest BCUT2D eigenvalue weighted by atomic mass is 19.1. The van der Waals surface area contributed by atoms with E-state index in [9.17, 15) is 9.18 Å². The molecule has 0 atom stereocenters. The summed E-state index contributed by atoms with van der Waals surface area (Å²) in [5, 5.41) is 11.2. The summed E-state index contributed by atoms with van der Waals surface area (Å²) < 4.78 is 14.2. The van der Waals surface area contributed by atoms with Crippen molar-refractivity contribution in [3.8, 4) is 33.8 Å². The molecule has 0 saturated heterocycles. The Morgan fingerprint density at radius 2 is 1.80 bits per heavy atom. The maximum Gasteiger partial charge on any atom is 0.227 e. The first-order valence-electron chi connectivity index (χ1n) is 13.7. The fourth-order valence-corrected chi connectivity index (χ4v) is 5.68. The van der Waals surface area contributed by atoms with Gasteiger partial charge in [-0.05, 0) is 61.2 Å². The molecule has 1 aromatic carbocycles. The first-order chi connectivity index (χ1) is 20.0. The minimum atomic E-state index is -0.296. The number of hydrogen-bond donors (Lipinski definition) is 3. The molecule has 0 aliphatic heterocycles. The van der Waals surface area contributed by atoms with Gasteiger partial charge >= 0.3 is 0 Å². The lowest BCUT2D eigenvalue weighted by atomic mass is 9.88. The number of aryl methyl sites for hydroxylation is 1. The third-order valence-electron chi connectivity index (χ3n) is 7.71. The molecule has 1 amide bonds.